The van der Waals surface area contributed by atoms with Crippen molar-refractivity contribution in [3.8, 4) is 17.1 Å². The highest BCUT2D eigenvalue weighted by molar-refractivity contribution is 7.90. The molecular weight excluding hydrogens is 490 g/mol. The van der Waals surface area contributed by atoms with Crippen molar-refractivity contribution in [2.24, 2.45) is 10.1 Å². The maximum absolute atomic E-state index is 13.3. The van der Waals surface area contributed by atoms with Gasteiger partial charge in [0, 0.05) is 42.6 Å². The van der Waals surface area contributed by atoms with E-state index in [1.165, 1.54) is 29.7 Å². The van der Waals surface area contributed by atoms with Crippen molar-refractivity contribution in [2.45, 2.75) is 30.8 Å². The summed E-state index contributed by atoms with van der Waals surface area (Å²) in [5, 5.41) is 0.338. The molecule has 1 amide bonds. The Bertz CT molecular complexity index is 1340. The fourth-order valence-corrected chi connectivity index (χ4v) is 4.74. The highest BCUT2D eigenvalue weighted by Crippen LogP contribution is 2.35. The topological polar surface area (TPSA) is 128 Å². The Labute approximate surface area is 209 Å². The van der Waals surface area contributed by atoms with E-state index in [0.29, 0.717) is 27.3 Å². The van der Waals surface area contributed by atoms with E-state index in [1.807, 2.05) is 13.8 Å². The van der Waals surface area contributed by atoms with Crippen molar-refractivity contribution in [2.75, 3.05) is 14.1 Å². The standard InChI is InChI=1S/C24H26ClN5O4S/c1-15(2)34-24-27-12-17(13-28-24)18-10-9-16(11-21(18)35(32,33)29-14-30(3)4)22(23(26)31)19-7-5-6-8-20(19)25/h5-15,22H,1-4H3,(H2,26,31). The molecule has 0 radical (unpaired) electrons. The second kappa shape index (κ2) is 10.8. The molecule has 3 rings (SSSR count). The van der Waals surface area contributed by atoms with E-state index < -0.39 is 21.8 Å². The van der Waals surface area contributed by atoms with Crippen molar-refractivity contribution in [1.29, 1.82) is 0 Å². The van der Waals surface area contributed by atoms with Gasteiger partial charge in [-0.05, 0) is 37.1 Å². The van der Waals surface area contributed by atoms with Crippen LogP contribution in [0.15, 0.2) is 64.2 Å². The van der Waals surface area contributed by atoms with Gasteiger partial charge in [0.1, 0.15) is 6.34 Å². The lowest BCUT2D eigenvalue weighted by Crippen LogP contribution is -2.23. The van der Waals surface area contributed by atoms with E-state index in [-0.39, 0.29) is 17.0 Å². The molecule has 2 aromatic carbocycles. The first kappa shape index (κ1) is 26.1. The fourth-order valence-electron chi connectivity index (χ4n) is 3.32. The van der Waals surface area contributed by atoms with Crippen LogP contribution < -0.4 is 10.5 Å². The minimum absolute atomic E-state index is 0.119. The zero-order valence-electron chi connectivity index (χ0n) is 19.7. The molecule has 11 heteroatoms. The maximum Gasteiger partial charge on any atom is 0.316 e. The third kappa shape index (κ3) is 6.34. The number of primary amides is 1. The Morgan fingerprint density at radius 3 is 2.37 bits per heavy atom. The molecule has 9 nitrogen and oxygen atoms in total. The van der Waals surface area contributed by atoms with Crippen molar-refractivity contribution in [3.63, 3.8) is 0 Å². The molecule has 0 saturated carbocycles. The smallest absolute Gasteiger partial charge is 0.316 e. The third-order valence-corrected chi connectivity index (χ3v) is 6.42. The molecule has 1 aromatic heterocycles. The Morgan fingerprint density at radius 1 is 1.14 bits per heavy atom. The molecule has 184 valence electrons. The molecule has 0 aliphatic heterocycles. The molecule has 0 saturated heterocycles. The number of hydrogen-bond donors (Lipinski definition) is 1. The number of nitrogens with zero attached hydrogens (tertiary/aromatic N) is 4. The van der Waals surface area contributed by atoms with Gasteiger partial charge in [-0.3, -0.25) is 4.79 Å². The largest absolute Gasteiger partial charge is 0.461 e. The van der Waals surface area contributed by atoms with Crippen LogP contribution in [-0.2, 0) is 14.8 Å². The van der Waals surface area contributed by atoms with E-state index in [4.69, 9.17) is 22.1 Å². The van der Waals surface area contributed by atoms with Gasteiger partial charge in [-0.1, -0.05) is 41.9 Å². The first-order valence-corrected chi connectivity index (χ1v) is 12.4. The fraction of sp³-hybridized carbons (Fsp3) is 0.250. The maximum atomic E-state index is 13.3. The summed E-state index contributed by atoms with van der Waals surface area (Å²) in [5.41, 5.74) is 7.28. The first-order valence-electron chi connectivity index (χ1n) is 10.6. The number of rotatable bonds is 9. The summed E-state index contributed by atoms with van der Waals surface area (Å²) >= 11 is 6.32. The number of benzene rings is 2. The third-order valence-electron chi connectivity index (χ3n) is 4.81. The van der Waals surface area contributed by atoms with E-state index in [2.05, 4.69) is 14.4 Å². The SMILES string of the molecule is CC(C)Oc1ncc(-c2ccc(C(C(N)=O)c3ccccc3Cl)cc2S(=O)(=O)N=CN(C)C)cn1. The second-order valence-electron chi connectivity index (χ2n) is 8.19. The zero-order valence-corrected chi connectivity index (χ0v) is 21.3. The molecule has 1 atom stereocenters. The van der Waals surface area contributed by atoms with Crippen molar-refractivity contribution in [1.82, 2.24) is 14.9 Å². The molecule has 0 spiro atoms. The molecule has 2 N–H and O–H groups in total. The van der Waals surface area contributed by atoms with Crippen molar-refractivity contribution >= 4 is 33.9 Å². The quantitative estimate of drug-likeness (QED) is 0.341. The number of sulfonamides is 1. The number of ether oxygens (including phenoxy) is 1. The summed E-state index contributed by atoms with van der Waals surface area (Å²) < 4.78 is 35.8. The molecule has 1 heterocycles. The van der Waals surface area contributed by atoms with Gasteiger partial charge < -0.3 is 15.4 Å². The van der Waals surface area contributed by atoms with Crippen LogP contribution >= 0.6 is 11.6 Å². The molecule has 0 aliphatic carbocycles. The lowest BCUT2D eigenvalue weighted by atomic mass is 9.89. The van der Waals surface area contributed by atoms with Gasteiger partial charge in [-0.25, -0.2) is 9.97 Å². The number of aromatic nitrogens is 2. The van der Waals surface area contributed by atoms with Gasteiger partial charge >= 0.3 is 6.01 Å². The predicted molar refractivity (Wildman–Crippen MR) is 135 cm³/mol. The predicted octanol–water partition coefficient (Wildman–Crippen LogP) is 3.48. The normalized spacial score (nSPS) is 12.6. The van der Waals surface area contributed by atoms with Gasteiger partial charge in [0.05, 0.1) is 16.9 Å². The molecular formula is C24H26ClN5O4S. The van der Waals surface area contributed by atoms with Crippen LogP contribution in [0.5, 0.6) is 6.01 Å². The van der Waals surface area contributed by atoms with Gasteiger partial charge in [0.25, 0.3) is 10.0 Å². The Hall–Kier alpha value is -3.50. The van der Waals surface area contributed by atoms with E-state index in [1.54, 1.807) is 50.5 Å². The van der Waals surface area contributed by atoms with Gasteiger partial charge in [-0.15, -0.1) is 4.40 Å². The molecule has 0 fully saturated rings. The van der Waals surface area contributed by atoms with Crippen LogP contribution in [0.4, 0.5) is 0 Å². The summed E-state index contributed by atoms with van der Waals surface area (Å²) in [6, 6.07) is 11.5. The summed E-state index contributed by atoms with van der Waals surface area (Å²) in [6.07, 6.45) is 4.00. The molecule has 0 aliphatic rings. The van der Waals surface area contributed by atoms with Crippen LogP contribution in [0.1, 0.15) is 30.9 Å². The zero-order chi connectivity index (χ0) is 25.8. The lowest BCUT2D eigenvalue weighted by molar-refractivity contribution is -0.118. The van der Waals surface area contributed by atoms with Crippen LogP contribution in [0, 0.1) is 0 Å². The number of carbonyl (C=O) groups is 1. The Balaban J connectivity index is 2.20. The molecule has 1 unspecified atom stereocenters. The van der Waals surface area contributed by atoms with Crippen LogP contribution in [-0.4, -0.2) is 55.7 Å². The van der Waals surface area contributed by atoms with Crippen LogP contribution in [0.2, 0.25) is 5.02 Å². The first-order chi connectivity index (χ1) is 16.5. The summed E-state index contributed by atoms with van der Waals surface area (Å²) in [7, 11) is -0.880. The number of carbonyl (C=O) groups excluding carboxylic acids is 1. The van der Waals surface area contributed by atoms with E-state index >= 15 is 0 Å². The van der Waals surface area contributed by atoms with Crippen molar-refractivity contribution in [3.05, 3.63) is 71.0 Å². The minimum Gasteiger partial charge on any atom is -0.461 e. The van der Waals surface area contributed by atoms with Crippen LogP contribution in [0.3, 0.4) is 0 Å². The lowest BCUT2D eigenvalue weighted by Gasteiger charge is -2.18. The second-order valence-corrected chi connectivity index (χ2v) is 10.2. The van der Waals surface area contributed by atoms with Gasteiger partial charge in [0.15, 0.2) is 0 Å². The number of nitrogens with two attached hydrogens (primary N) is 1. The average molecular weight is 516 g/mol. The number of halogens is 1. The number of amides is 1. The summed E-state index contributed by atoms with van der Waals surface area (Å²) in [6.45, 7) is 3.69. The Morgan fingerprint density at radius 2 is 1.80 bits per heavy atom. The summed E-state index contributed by atoms with van der Waals surface area (Å²) in [4.78, 5) is 22.2. The Kier molecular flexibility index (Phi) is 8.08. The van der Waals surface area contributed by atoms with Gasteiger partial charge in [-0.2, -0.15) is 8.42 Å². The number of hydrogen-bond acceptors (Lipinski definition) is 6. The molecule has 0 bridgehead atoms. The highest BCUT2D eigenvalue weighted by atomic mass is 35.5. The van der Waals surface area contributed by atoms with E-state index in [9.17, 15) is 13.2 Å². The van der Waals surface area contributed by atoms with Crippen LogP contribution in [0.25, 0.3) is 11.1 Å². The van der Waals surface area contributed by atoms with Crippen molar-refractivity contribution < 1.29 is 17.9 Å². The molecule has 3 aromatic rings. The average Bonchev–Trinajstić information content (AvgIpc) is 2.79. The highest BCUT2D eigenvalue weighted by Gasteiger charge is 2.27. The monoisotopic (exact) mass is 515 g/mol. The van der Waals surface area contributed by atoms with Gasteiger partial charge in [0.2, 0.25) is 5.91 Å². The molecule has 35 heavy (non-hydrogen) atoms. The minimum atomic E-state index is -4.18. The summed E-state index contributed by atoms with van der Waals surface area (Å²) in [5.74, 6) is -1.65. The van der Waals surface area contributed by atoms with E-state index in [0.717, 1.165) is 0 Å².